The lowest BCUT2D eigenvalue weighted by atomic mass is 10.0. The molecule has 0 unspecified atom stereocenters. The summed E-state index contributed by atoms with van der Waals surface area (Å²) in [6.07, 6.45) is -0.231. The Morgan fingerprint density at radius 1 is 1.13 bits per heavy atom. The monoisotopic (exact) mass is 310 g/mol. The van der Waals surface area contributed by atoms with Gasteiger partial charge in [-0.3, -0.25) is 4.79 Å². The van der Waals surface area contributed by atoms with E-state index in [0.29, 0.717) is 16.7 Å². The quantitative estimate of drug-likeness (QED) is 0.592. The third-order valence-corrected chi connectivity index (χ3v) is 3.63. The topological polar surface area (TPSA) is 76.7 Å². The van der Waals surface area contributed by atoms with Gasteiger partial charge in [0, 0.05) is 12.0 Å². The highest BCUT2D eigenvalue weighted by Gasteiger charge is 2.17. The van der Waals surface area contributed by atoms with Crippen LogP contribution in [0.15, 0.2) is 57.7 Å². The molecule has 0 radical (unpaired) electrons. The van der Waals surface area contributed by atoms with Gasteiger partial charge in [0.05, 0.1) is 18.1 Å². The Hall–Kier alpha value is -3.08. The molecule has 2 aromatic carbocycles. The van der Waals surface area contributed by atoms with E-state index in [1.54, 1.807) is 48.5 Å². The van der Waals surface area contributed by atoms with Crippen molar-refractivity contribution in [2.24, 2.45) is 0 Å². The fourth-order valence-electron chi connectivity index (χ4n) is 2.37. The number of benzene rings is 2. The van der Waals surface area contributed by atoms with Crippen LogP contribution in [0.5, 0.6) is 11.5 Å². The van der Waals surface area contributed by atoms with Crippen LogP contribution >= 0.6 is 0 Å². The Morgan fingerprint density at radius 3 is 2.52 bits per heavy atom. The molecule has 0 saturated heterocycles. The van der Waals surface area contributed by atoms with Crippen molar-refractivity contribution in [3.8, 4) is 11.5 Å². The van der Waals surface area contributed by atoms with Crippen molar-refractivity contribution in [3.63, 3.8) is 0 Å². The first-order chi connectivity index (χ1) is 11.1. The summed E-state index contributed by atoms with van der Waals surface area (Å²) in [4.78, 5) is 24.3. The number of methoxy groups -OCH3 is 1. The second-order valence-electron chi connectivity index (χ2n) is 5.04. The van der Waals surface area contributed by atoms with Gasteiger partial charge in [0.25, 0.3) is 0 Å². The fourth-order valence-corrected chi connectivity index (χ4v) is 2.37. The number of ketones is 1. The average molecular weight is 310 g/mol. The summed E-state index contributed by atoms with van der Waals surface area (Å²) in [5.74, 6) is 0.138. The van der Waals surface area contributed by atoms with Gasteiger partial charge >= 0.3 is 5.63 Å². The number of para-hydroxylation sites is 1. The summed E-state index contributed by atoms with van der Waals surface area (Å²) in [5.41, 5.74) is -0.0269. The minimum absolute atomic E-state index is 0.0375. The Morgan fingerprint density at radius 2 is 1.83 bits per heavy atom. The number of carbonyl (C=O) groups is 1. The maximum absolute atomic E-state index is 12.3. The Labute approximate surface area is 131 Å². The normalized spacial score (nSPS) is 10.7. The molecule has 0 atom stereocenters. The number of hydrogen-bond donors (Lipinski definition) is 1. The lowest BCUT2D eigenvalue weighted by molar-refractivity contribution is 0.0991. The van der Waals surface area contributed by atoms with Crippen molar-refractivity contribution >= 4 is 16.8 Å². The molecule has 3 aromatic rings. The van der Waals surface area contributed by atoms with Crippen LogP contribution in [-0.2, 0) is 6.42 Å². The SMILES string of the molecule is COc1ccc(C(=O)Cc2c(O)c3ccccc3oc2=O)cc1. The van der Waals surface area contributed by atoms with Gasteiger partial charge in [0.1, 0.15) is 17.1 Å². The summed E-state index contributed by atoms with van der Waals surface area (Å²) >= 11 is 0. The number of aromatic hydroxyl groups is 1. The van der Waals surface area contributed by atoms with Crippen molar-refractivity contribution in [2.45, 2.75) is 6.42 Å². The van der Waals surface area contributed by atoms with Gasteiger partial charge in [-0.15, -0.1) is 0 Å². The zero-order chi connectivity index (χ0) is 16.4. The van der Waals surface area contributed by atoms with E-state index in [-0.39, 0.29) is 29.1 Å². The average Bonchev–Trinajstić information content (AvgIpc) is 2.58. The van der Waals surface area contributed by atoms with Gasteiger partial charge in [0.15, 0.2) is 5.78 Å². The molecule has 1 heterocycles. The largest absolute Gasteiger partial charge is 0.507 e. The molecule has 0 fully saturated rings. The number of ether oxygens (including phenoxy) is 1. The van der Waals surface area contributed by atoms with Gasteiger partial charge in [0.2, 0.25) is 0 Å². The second kappa shape index (κ2) is 5.96. The molecule has 23 heavy (non-hydrogen) atoms. The summed E-state index contributed by atoms with van der Waals surface area (Å²) in [5, 5.41) is 10.7. The predicted molar refractivity (Wildman–Crippen MR) is 85.2 cm³/mol. The van der Waals surface area contributed by atoms with Gasteiger partial charge < -0.3 is 14.3 Å². The highest BCUT2D eigenvalue weighted by atomic mass is 16.5. The first kappa shape index (κ1) is 14.8. The maximum atomic E-state index is 12.3. The third-order valence-electron chi connectivity index (χ3n) is 3.63. The number of rotatable bonds is 4. The molecule has 5 nitrogen and oxygen atoms in total. The van der Waals surface area contributed by atoms with E-state index in [0.717, 1.165) is 0 Å². The van der Waals surface area contributed by atoms with E-state index >= 15 is 0 Å². The van der Waals surface area contributed by atoms with E-state index < -0.39 is 5.63 Å². The van der Waals surface area contributed by atoms with Crippen molar-refractivity contribution < 1.29 is 19.1 Å². The van der Waals surface area contributed by atoms with Crippen molar-refractivity contribution in [3.05, 3.63) is 70.1 Å². The number of carbonyl (C=O) groups excluding carboxylic acids is 1. The summed E-state index contributed by atoms with van der Waals surface area (Å²) in [6, 6.07) is 13.2. The van der Waals surface area contributed by atoms with Gasteiger partial charge in [-0.1, -0.05) is 12.1 Å². The van der Waals surface area contributed by atoms with Crippen molar-refractivity contribution in [1.82, 2.24) is 0 Å². The summed E-state index contributed by atoms with van der Waals surface area (Å²) < 4.78 is 10.2. The molecule has 0 bridgehead atoms. The van der Waals surface area contributed by atoms with Crippen LogP contribution in [-0.4, -0.2) is 18.0 Å². The van der Waals surface area contributed by atoms with Crippen LogP contribution in [0.2, 0.25) is 0 Å². The van der Waals surface area contributed by atoms with E-state index in [1.807, 2.05) is 0 Å². The molecule has 116 valence electrons. The van der Waals surface area contributed by atoms with Crippen LogP contribution in [0.3, 0.4) is 0 Å². The van der Waals surface area contributed by atoms with Crippen LogP contribution in [0.25, 0.3) is 11.0 Å². The minimum atomic E-state index is -0.705. The van der Waals surface area contributed by atoms with Crippen molar-refractivity contribution in [1.29, 1.82) is 0 Å². The third kappa shape index (κ3) is 2.81. The van der Waals surface area contributed by atoms with Crippen LogP contribution in [0, 0.1) is 0 Å². The van der Waals surface area contributed by atoms with E-state index in [4.69, 9.17) is 9.15 Å². The van der Waals surface area contributed by atoms with Crippen LogP contribution in [0.4, 0.5) is 0 Å². The zero-order valence-electron chi connectivity index (χ0n) is 12.4. The molecule has 0 aliphatic rings. The molecule has 0 aliphatic heterocycles. The maximum Gasteiger partial charge on any atom is 0.343 e. The Kier molecular flexibility index (Phi) is 3.85. The molecular weight excluding hydrogens is 296 g/mol. The molecule has 3 rings (SSSR count). The number of fused-ring (bicyclic) bond motifs is 1. The highest BCUT2D eigenvalue weighted by Crippen LogP contribution is 2.26. The molecule has 0 spiro atoms. The van der Waals surface area contributed by atoms with Crippen LogP contribution < -0.4 is 10.4 Å². The molecule has 0 amide bonds. The lowest BCUT2D eigenvalue weighted by Crippen LogP contribution is -2.13. The molecule has 0 aliphatic carbocycles. The highest BCUT2D eigenvalue weighted by molar-refractivity contribution is 5.98. The molecule has 0 saturated carbocycles. The molecule has 1 N–H and O–H groups in total. The summed E-state index contributed by atoms with van der Waals surface area (Å²) in [7, 11) is 1.54. The number of Topliss-reactive ketones (excluding diaryl/α,β-unsaturated/α-hetero) is 1. The Bertz CT molecular complexity index is 922. The smallest absolute Gasteiger partial charge is 0.343 e. The molecular formula is C18H14O5. The first-order valence-corrected chi connectivity index (χ1v) is 7.01. The standard InChI is InChI=1S/C18H14O5/c1-22-12-8-6-11(7-9-12)15(19)10-14-17(20)13-4-2-3-5-16(13)23-18(14)21/h2-9,20H,10H2,1H3. The first-order valence-electron chi connectivity index (χ1n) is 7.01. The van der Waals surface area contributed by atoms with Gasteiger partial charge in [-0.05, 0) is 36.4 Å². The van der Waals surface area contributed by atoms with Crippen molar-refractivity contribution in [2.75, 3.05) is 7.11 Å². The summed E-state index contributed by atoms with van der Waals surface area (Å²) in [6.45, 7) is 0. The fraction of sp³-hybridized carbons (Fsp3) is 0.111. The Balaban J connectivity index is 1.97. The molecule has 1 aromatic heterocycles. The van der Waals surface area contributed by atoms with E-state index in [1.165, 1.54) is 7.11 Å². The number of hydrogen-bond acceptors (Lipinski definition) is 5. The van der Waals surface area contributed by atoms with E-state index in [9.17, 15) is 14.7 Å². The second-order valence-corrected chi connectivity index (χ2v) is 5.04. The van der Waals surface area contributed by atoms with Crippen LogP contribution in [0.1, 0.15) is 15.9 Å². The van der Waals surface area contributed by atoms with Gasteiger partial charge in [-0.2, -0.15) is 0 Å². The predicted octanol–water partition coefficient (Wildman–Crippen LogP) is 2.93. The molecule has 5 heteroatoms. The van der Waals surface area contributed by atoms with Gasteiger partial charge in [-0.25, -0.2) is 4.79 Å². The van der Waals surface area contributed by atoms with E-state index in [2.05, 4.69) is 0 Å². The lowest BCUT2D eigenvalue weighted by Gasteiger charge is -2.06. The minimum Gasteiger partial charge on any atom is -0.507 e. The zero-order valence-corrected chi connectivity index (χ0v) is 12.4.